The van der Waals surface area contributed by atoms with Crippen molar-refractivity contribution in [2.75, 3.05) is 5.32 Å². The number of carboxylic acid groups (broad SMARTS) is 2. The standard InChI is InChI=1S/C12H7N3O7/c16-10(5-1-2-21-4-5)13-9-8-6(15(14-9)12(19)20)3-7(22-8)11(17)18/h1-4H,(H,17,18)(H,19,20)(H,13,14,16). The molecule has 3 aromatic heterocycles. The van der Waals surface area contributed by atoms with E-state index in [0.29, 0.717) is 4.68 Å². The zero-order valence-electron chi connectivity index (χ0n) is 10.6. The minimum absolute atomic E-state index is 0.0904. The molecule has 0 saturated carbocycles. The number of aromatic carboxylic acids is 1. The Balaban J connectivity index is 2.07. The maximum atomic E-state index is 11.9. The van der Waals surface area contributed by atoms with Crippen LogP contribution < -0.4 is 5.32 Å². The summed E-state index contributed by atoms with van der Waals surface area (Å²) in [4.78, 5) is 33.9. The number of hydrogen-bond acceptors (Lipinski definition) is 6. The van der Waals surface area contributed by atoms with Gasteiger partial charge in [0.25, 0.3) is 5.91 Å². The Morgan fingerprint density at radius 3 is 2.64 bits per heavy atom. The molecule has 0 aliphatic carbocycles. The summed E-state index contributed by atoms with van der Waals surface area (Å²) in [5, 5.41) is 23.9. The van der Waals surface area contributed by atoms with Crippen molar-refractivity contribution < 1.29 is 33.4 Å². The molecule has 0 aliphatic heterocycles. The van der Waals surface area contributed by atoms with Crippen LogP contribution in [0.25, 0.3) is 11.1 Å². The van der Waals surface area contributed by atoms with E-state index >= 15 is 0 Å². The van der Waals surface area contributed by atoms with Crippen molar-refractivity contribution in [3.05, 3.63) is 36.0 Å². The summed E-state index contributed by atoms with van der Waals surface area (Å²) in [7, 11) is 0. The molecule has 3 aromatic rings. The molecule has 10 heteroatoms. The maximum absolute atomic E-state index is 11.9. The van der Waals surface area contributed by atoms with Gasteiger partial charge in [-0.2, -0.15) is 4.68 Å². The summed E-state index contributed by atoms with van der Waals surface area (Å²) in [6, 6.07) is 2.40. The summed E-state index contributed by atoms with van der Waals surface area (Å²) >= 11 is 0. The molecule has 3 rings (SSSR count). The molecule has 0 spiro atoms. The second-order valence-electron chi connectivity index (χ2n) is 4.14. The Morgan fingerprint density at radius 1 is 1.27 bits per heavy atom. The molecule has 0 saturated heterocycles. The number of hydrogen-bond donors (Lipinski definition) is 3. The van der Waals surface area contributed by atoms with E-state index in [0.717, 1.165) is 6.07 Å². The van der Waals surface area contributed by atoms with Crippen molar-refractivity contribution in [1.29, 1.82) is 0 Å². The molecule has 0 radical (unpaired) electrons. The lowest BCUT2D eigenvalue weighted by molar-refractivity contribution is 0.0665. The number of furan rings is 2. The lowest BCUT2D eigenvalue weighted by Gasteiger charge is -1.98. The molecule has 0 fully saturated rings. The summed E-state index contributed by atoms with van der Waals surface area (Å²) in [6.07, 6.45) is 1.02. The molecule has 112 valence electrons. The highest BCUT2D eigenvalue weighted by molar-refractivity contribution is 6.08. The van der Waals surface area contributed by atoms with E-state index in [2.05, 4.69) is 10.4 Å². The topological polar surface area (TPSA) is 148 Å². The van der Waals surface area contributed by atoms with Gasteiger partial charge >= 0.3 is 12.1 Å². The van der Waals surface area contributed by atoms with Crippen LogP contribution in [0.2, 0.25) is 0 Å². The van der Waals surface area contributed by atoms with Gasteiger partial charge in [-0.25, -0.2) is 9.59 Å². The summed E-state index contributed by atoms with van der Waals surface area (Å²) in [6.45, 7) is 0. The third-order valence-electron chi connectivity index (χ3n) is 2.76. The van der Waals surface area contributed by atoms with Crippen LogP contribution in [0.5, 0.6) is 0 Å². The van der Waals surface area contributed by atoms with E-state index in [4.69, 9.17) is 19.0 Å². The quantitative estimate of drug-likeness (QED) is 0.662. The van der Waals surface area contributed by atoms with Crippen molar-refractivity contribution in [2.24, 2.45) is 0 Å². The molecular formula is C12H7N3O7. The van der Waals surface area contributed by atoms with Crippen LogP contribution in [0.3, 0.4) is 0 Å². The highest BCUT2D eigenvalue weighted by atomic mass is 16.4. The SMILES string of the molecule is O=C(Nc1nn(C(=O)O)c2cc(C(=O)O)oc12)c1ccoc1. The van der Waals surface area contributed by atoms with Crippen molar-refractivity contribution in [3.8, 4) is 0 Å². The predicted octanol–water partition coefficient (Wildman–Crippen LogP) is 1.70. The molecule has 1 amide bonds. The van der Waals surface area contributed by atoms with Gasteiger partial charge in [0.2, 0.25) is 5.76 Å². The molecule has 3 heterocycles. The normalized spacial score (nSPS) is 10.7. The van der Waals surface area contributed by atoms with Crippen LogP contribution in [0.15, 0.2) is 33.5 Å². The number of carboxylic acids is 1. The smallest absolute Gasteiger partial charge is 0.432 e. The van der Waals surface area contributed by atoms with Crippen molar-refractivity contribution >= 4 is 34.9 Å². The van der Waals surface area contributed by atoms with Crippen LogP contribution in [0.1, 0.15) is 20.9 Å². The van der Waals surface area contributed by atoms with Crippen molar-refractivity contribution in [1.82, 2.24) is 9.78 Å². The summed E-state index contributed by atoms with van der Waals surface area (Å²) in [5.74, 6) is -2.67. The van der Waals surface area contributed by atoms with Gasteiger partial charge in [-0.05, 0) is 6.07 Å². The monoisotopic (exact) mass is 305 g/mol. The van der Waals surface area contributed by atoms with E-state index in [1.165, 1.54) is 18.6 Å². The third kappa shape index (κ3) is 2.08. The molecule has 0 aromatic carbocycles. The fourth-order valence-electron chi connectivity index (χ4n) is 1.81. The van der Waals surface area contributed by atoms with E-state index in [1.54, 1.807) is 0 Å². The van der Waals surface area contributed by atoms with Gasteiger partial charge in [0, 0.05) is 6.07 Å². The maximum Gasteiger partial charge on any atom is 0.432 e. The van der Waals surface area contributed by atoms with Gasteiger partial charge in [0.05, 0.1) is 11.8 Å². The molecule has 10 nitrogen and oxygen atoms in total. The van der Waals surface area contributed by atoms with Gasteiger partial charge in [0.15, 0.2) is 11.4 Å². The molecule has 0 bridgehead atoms. The molecule has 0 atom stereocenters. The van der Waals surface area contributed by atoms with E-state index in [9.17, 15) is 14.4 Å². The average molecular weight is 305 g/mol. The van der Waals surface area contributed by atoms with Crippen molar-refractivity contribution in [3.63, 3.8) is 0 Å². The fraction of sp³-hybridized carbons (Fsp3) is 0. The molecule has 0 aliphatic rings. The second-order valence-corrected chi connectivity index (χ2v) is 4.14. The van der Waals surface area contributed by atoms with Gasteiger partial charge in [-0.3, -0.25) is 4.79 Å². The number of carbonyl (C=O) groups excluding carboxylic acids is 1. The highest BCUT2D eigenvalue weighted by Crippen LogP contribution is 2.27. The predicted molar refractivity (Wildman–Crippen MR) is 69.0 cm³/mol. The second kappa shape index (κ2) is 4.77. The van der Waals surface area contributed by atoms with Gasteiger partial charge in [-0.1, -0.05) is 0 Å². The fourth-order valence-corrected chi connectivity index (χ4v) is 1.81. The number of anilines is 1. The zero-order chi connectivity index (χ0) is 15.9. The Bertz CT molecular complexity index is 887. The molecular weight excluding hydrogens is 298 g/mol. The molecule has 22 heavy (non-hydrogen) atoms. The molecule has 0 unspecified atom stereocenters. The number of carbonyl (C=O) groups is 3. The van der Waals surface area contributed by atoms with Crippen molar-refractivity contribution in [2.45, 2.75) is 0 Å². The van der Waals surface area contributed by atoms with E-state index in [-0.39, 0.29) is 22.5 Å². The largest absolute Gasteiger partial charge is 0.475 e. The third-order valence-corrected chi connectivity index (χ3v) is 2.76. The first kappa shape index (κ1) is 13.4. The Labute approximate surface area is 120 Å². The highest BCUT2D eigenvalue weighted by Gasteiger charge is 2.23. The van der Waals surface area contributed by atoms with Gasteiger partial charge in [-0.15, -0.1) is 5.10 Å². The lowest BCUT2D eigenvalue weighted by atomic mass is 10.3. The van der Waals surface area contributed by atoms with Crippen LogP contribution in [0, 0.1) is 0 Å². The number of nitrogens with zero attached hydrogens (tertiary/aromatic N) is 2. The summed E-state index contributed by atoms with van der Waals surface area (Å²) < 4.78 is 10.3. The Kier molecular flexibility index (Phi) is 2.91. The molecule has 3 N–H and O–H groups in total. The van der Waals surface area contributed by atoms with E-state index < -0.39 is 23.7 Å². The summed E-state index contributed by atoms with van der Waals surface area (Å²) in [5.41, 5.74) is -0.0629. The Hall–Kier alpha value is -3.56. The number of fused-ring (bicyclic) bond motifs is 1. The zero-order valence-corrected chi connectivity index (χ0v) is 10.6. The van der Waals surface area contributed by atoms with Crippen LogP contribution in [-0.2, 0) is 0 Å². The number of rotatable bonds is 3. The van der Waals surface area contributed by atoms with Crippen LogP contribution in [0.4, 0.5) is 10.6 Å². The van der Waals surface area contributed by atoms with Gasteiger partial charge < -0.3 is 24.4 Å². The average Bonchev–Trinajstić information content (AvgIpc) is 3.15. The van der Waals surface area contributed by atoms with Crippen LogP contribution >= 0.6 is 0 Å². The first-order valence-electron chi connectivity index (χ1n) is 5.80. The minimum atomic E-state index is -1.45. The number of aromatic nitrogens is 2. The van der Waals surface area contributed by atoms with E-state index in [1.807, 2.05) is 0 Å². The minimum Gasteiger partial charge on any atom is -0.475 e. The van der Waals surface area contributed by atoms with Crippen LogP contribution in [-0.4, -0.2) is 38.0 Å². The number of nitrogens with one attached hydrogen (secondary N) is 1. The first-order chi connectivity index (χ1) is 10.5. The lowest BCUT2D eigenvalue weighted by Crippen LogP contribution is -2.14. The Morgan fingerprint density at radius 2 is 2.05 bits per heavy atom. The number of amides is 1. The first-order valence-corrected chi connectivity index (χ1v) is 5.80. The van der Waals surface area contributed by atoms with Gasteiger partial charge in [0.1, 0.15) is 11.8 Å².